The summed E-state index contributed by atoms with van der Waals surface area (Å²) in [4.78, 5) is 8.72. The summed E-state index contributed by atoms with van der Waals surface area (Å²) in [5, 5.41) is 15.0. The van der Waals surface area contributed by atoms with Gasteiger partial charge < -0.3 is 20.6 Å². The molecule has 0 unspecified atom stereocenters. The van der Waals surface area contributed by atoms with E-state index in [1.54, 1.807) is 36.9 Å². The van der Waals surface area contributed by atoms with Gasteiger partial charge in [0.2, 0.25) is 0 Å². The number of fused-ring (bicyclic) bond motifs is 2. The molecule has 2 aromatic carbocycles. The van der Waals surface area contributed by atoms with Gasteiger partial charge in [-0.05, 0) is 12.1 Å². The third kappa shape index (κ3) is 2.93. The predicted molar refractivity (Wildman–Crippen MR) is 96.6 cm³/mol. The molecular formula is C17H15N8Zn-. The Morgan fingerprint density at radius 3 is 1.62 bits per heavy atom. The Balaban J connectivity index is 0.00000196. The molecule has 4 rings (SSSR count). The van der Waals surface area contributed by atoms with E-state index in [0.717, 1.165) is 22.1 Å². The normalized spacial score (nSPS) is 10.6. The molecule has 0 bridgehead atoms. The second-order valence-electron chi connectivity index (χ2n) is 5.65. The fourth-order valence-corrected chi connectivity index (χ4v) is 2.72. The molecule has 2 heterocycles. The zero-order valence-electron chi connectivity index (χ0n) is 13.8. The molecule has 4 aromatic rings. The van der Waals surface area contributed by atoms with Crippen molar-refractivity contribution in [2.45, 2.75) is 0 Å². The molecule has 0 aliphatic heterocycles. The van der Waals surface area contributed by atoms with E-state index in [4.69, 9.17) is 22.3 Å². The second kappa shape index (κ2) is 6.61. The van der Waals surface area contributed by atoms with Gasteiger partial charge in [0.15, 0.2) is 0 Å². The summed E-state index contributed by atoms with van der Waals surface area (Å²) >= 11 is 0. The van der Waals surface area contributed by atoms with E-state index < -0.39 is 0 Å². The third-order valence-corrected chi connectivity index (χ3v) is 4.02. The molecule has 0 fully saturated rings. The summed E-state index contributed by atoms with van der Waals surface area (Å²) in [5.41, 5.74) is 15.6. The van der Waals surface area contributed by atoms with Crippen LogP contribution in [0.4, 0.5) is 0 Å². The van der Waals surface area contributed by atoms with E-state index in [-0.39, 0.29) is 31.1 Å². The number of nitrogen functional groups attached to an aromatic ring is 2. The van der Waals surface area contributed by atoms with Crippen molar-refractivity contribution in [1.82, 2.24) is 19.1 Å². The van der Waals surface area contributed by atoms with Gasteiger partial charge in [-0.15, -0.1) is 0 Å². The first-order chi connectivity index (χ1) is 12.0. The van der Waals surface area contributed by atoms with Gasteiger partial charge in [0.1, 0.15) is 11.7 Å². The van der Waals surface area contributed by atoms with Gasteiger partial charge in [-0.1, -0.05) is 24.3 Å². The zero-order valence-corrected chi connectivity index (χ0v) is 16.8. The average Bonchev–Trinajstić information content (AvgIpc) is 3.18. The van der Waals surface area contributed by atoms with Gasteiger partial charge in [0.05, 0.1) is 0 Å². The van der Waals surface area contributed by atoms with E-state index in [2.05, 4.69) is 9.97 Å². The topological polar surface area (TPSA) is 135 Å². The Morgan fingerprint density at radius 1 is 0.808 bits per heavy atom. The van der Waals surface area contributed by atoms with E-state index in [1.165, 1.54) is 0 Å². The minimum Gasteiger partial charge on any atom is -0.388 e. The Kier molecular flexibility index (Phi) is 4.48. The molecule has 0 atom stereocenters. The summed E-state index contributed by atoms with van der Waals surface area (Å²) in [5.74, 6) is 0.0321. The minimum atomic E-state index is 0. The molecule has 0 amide bonds. The van der Waals surface area contributed by atoms with E-state index in [9.17, 15) is 0 Å². The molecule has 0 saturated carbocycles. The molecule has 0 aliphatic carbocycles. The minimum absolute atomic E-state index is 0. The van der Waals surface area contributed by atoms with Crippen molar-refractivity contribution in [3.63, 3.8) is 0 Å². The number of benzene rings is 2. The van der Waals surface area contributed by atoms with E-state index in [1.807, 2.05) is 27.9 Å². The zero-order chi connectivity index (χ0) is 17.6. The quantitative estimate of drug-likeness (QED) is 0.180. The third-order valence-electron chi connectivity index (χ3n) is 4.02. The van der Waals surface area contributed by atoms with Crippen molar-refractivity contribution in [3.8, 4) is 0 Å². The number of nitrogens with two attached hydrogens (primary N) is 2. The summed E-state index contributed by atoms with van der Waals surface area (Å²) in [6.07, 6.45) is 3.40. The van der Waals surface area contributed by atoms with Gasteiger partial charge in [-0.3, -0.25) is 20.8 Å². The van der Waals surface area contributed by atoms with Crippen molar-refractivity contribution >= 4 is 33.7 Å². The fraction of sp³-hybridized carbons (Fsp3) is 0. The fourth-order valence-electron chi connectivity index (χ4n) is 2.72. The van der Waals surface area contributed by atoms with Gasteiger partial charge >= 0.3 is 0 Å². The van der Waals surface area contributed by atoms with Crippen molar-refractivity contribution in [2.75, 3.05) is 0 Å². The molecule has 0 radical (unpaired) electrons. The van der Waals surface area contributed by atoms with E-state index >= 15 is 0 Å². The number of rotatable bonds is 4. The Bertz CT molecular complexity index is 1050. The van der Waals surface area contributed by atoms with Crippen molar-refractivity contribution < 1.29 is 19.5 Å². The number of hydrogen-bond acceptors (Lipinski definition) is 4. The maximum Gasteiger partial charge on any atom is 0.122 e. The van der Waals surface area contributed by atoms with Gasteiger partial charge in [-0.25, -0.2) is 0 Å². The van der Waals surface area contributed by atoms with Crippen molar-refractivity contribution in [2.24, 2.45) is 11.5 Å². The summed E-state index contributed by atoms with van der Waals surface area (Å²) in [7, 11) is 0. The predicted octanol–water partition coefficient (Wildman–Crippen LogP) is 1.47. The van der Waals surface area contributed by atoms with Gasteiger partial charge in [0.25, 0.3) is 0 Å². The van der Waals surface area contributed by atoms with Crippen LogP contribution < -0.4 is 11.5 Å². The van der Waals surface area contributed by atoms with Crippen molar-refractivity contribution in [1.29, 1.82) is 10.8 Å². The number of nitrogens with one attached hydrogen (secondary N) is 2. The Hall–Kier alpha value is -3.19. The Morgan fingerprint density at radius 2 is 1.23 bits per heavy atom. The average molecular weight is 397 g/mol. The van der Waals surface area contributed by atoms with Gasteiger partial charge in [0, 0.05) is 72.0 Å². The standard InChI is InChI=1S/C17H15N8.Zn/c18-16(19)10-1-3-14-12(5-10)22-7-24(14)9-25-8-23-13-6-11(17(20)21)2-4-15(13)25;/h1-9H,(H3,18,19)(H3,20,21);/q-1;. The van der Waals surface area contributed by atoms with Crippen LogP contribution in [0.3, 0.4) is 0 Å². The van der Waals surface area contributed by atoms with Crippen LogP contribution in [0.1, 0.15) is 11.1 Å². The number of hydrogen-bond donors (Lipinski definition) is 4. The molecular weight excluding hydrogens is 382 g/mol. The summed E-state index contributed by atoms with van der Waals surface area (Å²) in [6, 6.07) is 10.9. The monoisotopic (exact) mass is 395 g/mol. The maximum atomic E-state index is 7.51. The SMILES string of the molecule is N=C(N)c1ccc2c(c1)ncn2[CH-]n1cnc2cc(C(=N)N)ccc21.[Zn]. The molecule has 2 aromatic heterocycles. The molecule has 0 spiro atoms. The first-order valence-corrected chi connectivity index (χ1v) is 7.50. The summed E-state index contributed by atoms with van der Waals surface area (Å²) in [6.45, 7) is 1.87. The van der Waals surface area contributed by atoms with Crippen LogP contribution in [-0.4, -0.2) is 30.8 Å². The van der Waals surface area contributed by atoms with Crippen LogP contribution in [0.25, 0.3) is 22.1 Å². The first kappa shape index (κ1) is 17.6. The Labute approximate surface area is 161 Å². The molecule has 6 N–H and O–H groups in total. The summed E-state index contributed by atoms with van der Waals surface area (Å²) < 4.78 is 3.75. The second-order valence-corrected chi connectivity index (χ2v) is 5.65. The largest absolute Gasteiger partial charge is 0.388 e. The number of nitrogens with zero attached hydrogens (tertiary/aromatic N) is 4. The molecule has 8 nitrogen and oxygen atoms in total. The maximum absolute atomic E-state index is 7.51. The van der Waals surface area contributed by atoms with E-state index in [0.29, 0.717) is 11.1 Å². The van der Waals surface area contributed by atoms with Crippen LogP contribution in [0.15, 0.2) is 49.1 Å². The van der Waals surface area contributed by atoms with Crippen LogP contribution in [0.5, 0.6) is 0 Å². The number of aromatic nitrogens is 4. The molecule has 126 valence electrons. The van der Waals surface area contributed by atoms with Crippen LogP contribution in [-0.2, 0) is 19.5 Å². The number of amidine groups is 2. The van der Waals surface area contributed by atoms with Crippen LogP contribution in [0.2, 0.25) is 0 Å². The smallest absolute Gasteiger partial charge is 0.122 e. The van der Waals surface area contributed by atoms with Crippen molar-refractivity contribution in [3.05, 3.63) is 66.8 Å². The molecule has 0 saturated heterocycles. The first-order valence-electron chi connectivity index (χ1n) is 7.50. The molecule has 0 aliphatic rings. The molecule has 9 heteroatoms. The van der Waals surface area contributed by atoms with Crippen LogP contribution >= 0.6 is 0 Å². The number of imidazole rings is 2. The molecule has 26 heavy (non-hydrogen) atoms. The van der Waals surface area contributed by atoms with Crippen LogP contribution in [0, 0.1) is 17.5 Å². The van der Waals surface area contributed by atoms with Gasteiger partial charge in [-0.2, -0.15) is 0 Å².